The van der Waals surface area contributed by atoms with Crippen molar-refractivity contribution in [2.24, 2.45) is 0 Å². The molecule has 4 heteroatoms. The molecule has 0 radical (unpaired) electrons. The van der Waals surface area contributed by atoms with Crippen LogP contribution in [0.3, 0.4) is 0 Å². The smallest absolute Gasteiger partial charge is 0.255 e. The van der Waals surface area contributed by atoms with Crippen LogP contribution in [0.2, 0.25) is 0 Å². The van der Waals surface area contributed by atoms with Crippen molar-refractivity contribution in [3.05, 3.63) is 65.1 Å². The molecule has 0 unspecified atom stereocenters. The van der Waals surface area contributed by atoms with Gasteiger partial charge in [-0.15, -0.1) is 0 Å². The predicted molar refractivity (Wildman–Crippen MR) is 82.1 cm³/mol. The quantitative estimate of drug-likeness (QED) is 0.727. The summed E-state index contributed by atoms with van der Waals surface area (Å²) in [6, 6.07) is 11.3. The third-order valence-corrected chi connectivity index (χ3v) is 3.65. The van der Waals surface area contributed by atoms with Crippen LogP contribution in [0, 0.1) is 19.7 Å². The number of aromatic amines is 1. The minimum absolute atomic E-state index is 0.249. The van der Waals surface area contributed by atoms with E-state index >= 15 is 0 Å². The van der Waals surface area contributed by atoms with Gasteiger partial charge in [0.2, 0.25) is 0 Å². The average molecular weight is 282 g/mol. The van der Waals surface area contributed by atoms with E-state index in [0.29, 0.717) is 11.3 Å². The summed E-state index contributed by atoms with van der Waals surface area (Å²) >= 11 is 0. The van der Waals surface area contributed by atoms with Gasteiger partial charge in [-0.1, -0.05) is 6.07 Å². The van der Waals surface area contributed by atoms with E-state index < -0.39 is 0 Å². The lowest BCUT2D eigenvalue weighted by molar-refractivity contribution is 0.102. The summed E-state index contributed by atoms with van der Waals surface area (Å²) in [7, 11) is 0. The van der Waals surface area contributed by atoms with E-state index in [4.69, 9.17) is 0 Å². The summed E-state index contributed by atoms with van der Waals surface area (Å²) in [5, 5.41) is 3.73. The number of benzene rings is 2. The Morgan fingerprint density at radius 3 is 2.71 bits per heavy atom. The lowest BCUT2D eigenvalue weighted by Gasteiger charge is -2.05. The van der Waals surface area contributed by atoms with Crippen molar-refractivity contribution in [1.82, 2.24) is 4.98 Å². The molecule has 21 heavy (non-hydrogen) atoms. The maximum absolute atomic E-state index is 13.1. The Hall–Kier alpha value is -2.62. The molecule has 2 aromatic carbocycles. The van der Waals surface area contributed by atoms with E-state index in [9.17, 15) is 9.18 Å². The summed E-state index contributed by atoms with van der Waals surface area (Å²) < 4.78 is 13.1. The van der Waals surface area contributed by atoms with Crippen molar-refractivity contribution in [3.8, 4) is 0 Å². The second kappa shape index (κ2) is 5.05. The van der Waals surface area contributed by atoms with E-state index in [1.165, 1.54) is 12.1 Å². The Morgan fingerprint density at radius 1 is 1.14 bits per heavy atom. The summed E-state index contributed by atoms with van der Waals surface area (Å²) in [5.41, 5.74) is 4.22. The Balaban J connectivity index is 1.92. The molecular formula is C17H15FN2O. The molecule has 1 amide bonds. The monoisotopic (exact) mass is 282 g/mol. The number of hydrogen-bond donors (Lipinski definition) is 2. The van der Waals surface area contributed by atoms with Gasteiger partial charge in [0.15, 0.2) is 0 Å². The van der Waals surface area contributed by atoms with Gasteiger partial charge in [-0.2, -0.15) is 0 Å². The van der Waals surface area contributed by atoms with Crippen LogP contribution < -0.4 is 5.32 Å². The highest BCUT2D eigenvalue weighted by Gasteiger charge is 2.10. The van der Waals surface area contributed by atoms with E-state index in [0.717, 1.165) is 22.2 Å². The Morgan fingerprint density at radius 2 is 1.95 bits per heavy atom. The van der Waals surface area contributed by atoms with Crippen molar-refractivity contribution in [2.75, 3.05) is 5.32 Å². The number of rotatable bonds is 2. The van der Waals surface area contributed by atoms with E-state index in [2.05, 4.69) is 10.3 Å². The highest BCUT2D eigenvalue weighted by Crippen LogP contribution is 2.23. The van der Waals surface area contributed by atoms with E-state index in [1.807, 2.05) is 26.0 Å². The fourth-order valence-corrected chi connectivity index (χ4v) is 2.37. The highest BCUT2D eigenvalue weighted by atomic mass is 19.1. The Kier molecular flexibility index (Phi) is 3.22. The van der Waals surface area contributed by atoms with Crippen molar-refractivity contribution in [2.45, 2.75) is 13.8 Å². The molecule has 3 rings (SSSR count). The Labute approximate surface area is 121 Å². The number of carbonyl (C=O) groups excluding carboxylic acids is 1. The maximum Gasteiger partial charge on any atom is 0.255 e. The van der Waals surface area contributed by atoms with Crippen molar-refractivity contribution in [1.29, 1.82) is 0 Å². The number of anilines is 1. The molecule has 0 atom stereocenters. The topological polar surface area (TPSA) is 44.9 Å². The summed E-state index contributed by atoms with van der Waals surface area (Å²) in [6.07, 6.45) is 0. The molecule has 3 aromatic rings. The molecule has 0 aliphatic heterocycles. The highest BCUT2D eigenvalue weighted by molar-refractivity contribution is 6.06. The van der Waals surface area contributed by atoms with Crippen LogP contribution in [0.15, 0.2) is 42.5 Å². The maximum atomic E-state index is 13.1. The lowest BCUT2D eigenvalue weighted by atomic mass is 10.1. The number of H-pyrrole nitrogens is 1. The number of hydrogen-bond acceptors (Lipinski definition) is 1. The second-order valence-corrected chi connectivity index (χ2v) is 5.10. The molecule has 1 aromatic heterocycles. The molecule has 2 N–H and O–H groups in total. The van der Waals surface area contributed by atoms with E-state index in [-0.39, 0.29) is 11.7 Å². The first-order valence-electron chi connectivity index (χ1n) is 6.70. The van der Waals surface area contributed by atoms with Crippen molar-refractivity contribution < 1.29 is 9.18 Å². The molecule has 106 valence electrons. The second-order valence-electron chi connectivity index (χ2n) is 5.10. The van der Waals surface area contributed by atoms with Crippen LogP contribution in [-0.4, -0.2) is 10.9 Å². The summed E-state index contributed by atoms with van der Waals surface area (Å²) in [6.45, 7) is 4.02. The molecular weight excluding hydrogens is 267 g/mol. The number of amides is 1. The first-order valence-corrected chi connectivity index (χ1v) is 6.70. The largest absolute Gasteiger partial charge is 0.358 e. The van der Waals surface area contributed by atoms with Crippen LogP contribution >= 0.6 is 0 Å². The van der Waals surface area contributed by atoms with E-state index in [1.54, 1.807) is 18.2 Å². The van der Waals surface area contributed by atoms with Gasteiger partial charge in [0.1, 0.15) is 5.82 Å². The van der Waals surface area contributed by atoms with Gasteiger partial charge in [-0.3, -0.25) is 4.79 Å². The normalized spacial score (nSPS) is 10.8. The first-order chi connectivity index (χ1) is 10.0. The van der Waals surface area contributed by atoms with Crippen LogP contribution in [0.25, 0.3) is 10.9 Å². The molecule has 0 bridgehead atoms. The van der Waals surface area contributed by atoms with Crippen LogP contribution in [-0.2, 0) is 0 Å². The lowest BCUT2D eigenvalue weighted by Crippen LogP contribution is -2.11. The zero-order valence-corrected chi connectivity index (χ0v) is 11.8. The summed E-state index contributed by atoms with van der Waals surface area (Å²) in [4.78, 5) is 15.5. The van der Waals surface area contributed by atoms with Gasteiger partial charge in [0.05, 0.1) is 0 Å². The number of fused-ring (bicyclic) bond motifs is 1. The van der Waals surface area contributed by atoms with Crippen LogP contribution in [0.4, 0.5) is 10.1 Å². The third kappa shape index (κ3) is 2.52. The zero-order chi connectivity index (χ0) is 15.0. The van der Waals surface area contributed by atoms with Crippen LogP contribution in [0.5, 0.6) is 0 Å². The Bertz CT molecular complexity index is 836. The first kappa shape index (κ1) is 13.4. The van der Waals surface area contributed by atoms with Gasteiger partial charge in [-0.25, -0.2) is 4.39 Å². The number of halogens is 1. The van der Waals surface area contributed by atoms with Crippen LogP contribution in [0.1, 0.15) is 21.6 Å². The fourth-order valence-electron chi connectivity index (χ4n) is 2.37. The standard InChI is InChI=1S/C17H15FN2O/c1-10-11(2)19-16-7-6-12(8-15(10)16)17(21)20-14-5-3-4-13(18)9-14/h3-9,19H,1-2H3,(H,20,21). The molecule has 0 spiro atoms. The van der Waals surface area contributed by atoms with Gasteiger partial charge < -0.3 is 10.3 Å². The number of aryl methyl sites for hydroxylation is 2. The molecule has 3 nitrogen and oxygen atoms in total. The number of aromatic nitrogens is 1. The average Bonchev–Trinajstić information content (AvgIpc) is 2.74. The summed E-state index contributed by atoms with van der Waals surface area (Å²) in [5.74, 6) is -0.624. The van der Waals surface area contributed by atoms with Gasteiger partial charge in [0.25, 0.3) is 5.91 Å². The minimum Gasteiger partial charge on any atom is -0.358 e. The number of nitrogens with one attached hydrogen (secondary N) is 2. The predicted octanol–water partition coefficient (Wildman–Crippen LogP) is 4.18. The molecule has 0 saturated carbocycles. The van der Waals surface area contributed by atoms with Crippen molar-refractivity contribution >= 4 is 22.5 Å². The molecule has 0 fully saturated rings. The fraction of sp³-hybridized carbons (Fsp3) is 0.118. The third-order valence-electron chi connectivity index (χ3n) is 3.65. The SMILES string of the molecule is Cc1[nH]c2ccc(C(=O)Nc3cccc(F)c3)cc2c1C. The molecule has 1 heterocycles. The zero-order valence-electron chi connectivity index (χ0n) is 11.8. The molecule has 0 aliphatic rings. The van der Waals surface area contributed by atoms with Gasteiger partial charge in [-0.05, 0) is 55.8 Å². The number of carbonyl (C=O) groups is 1. The molecule has 0 saturated heterocycles. The van der Waals surface area contributed by atoms with Gasteiger partial charge in [0, 0.05) is 27.8 Å². The van der Waals surface area contributed by atoms with Crippen molar-refractivity contribution in [3.63, 3.8) is 0 Å². The van der Waals surface area contributed by atoms with Gasteiger partial charge >= 0.3 is 0 Å². The minimum atomic E-state index is -0.375. The molecule has 0 aliphatic carbocycles.